The molecule has 6 nitrogen and oxygen atoms in total. The molecule has 0 saturated carbocycles. The molecule has 1 aliphatic heterocycles. The van der Waals surface area contributed by atoms with Crippen LogP contribution in [0, 0.1) is 0 Å². The van der Waals surface area contributed by atoms with Crippen LogP contribution in [0.5, 0.6) is 0 Å². The smallest absolute Gasteiger partial charge is 0.253 e. The highest BCUT2D eigenvalue weighted by atomic mass is 16.2. The standard InChI is InChI=1S/C26H24N4O2/c27-25(31)19-5-3-18(4-6-19)22-9-10-24-23(22)15-21(16-29-24)17-1-7-20(8-2-17)26(32)30-13-11-28-12-14-30/h1-9,15-16,28H,10-14H2,(H2,27,31). The van der Waals surface area contributed by atoms with Gasteiger partial charge in [0.1, 0.15) is 0 Å². The molecule has 5 rings (SSSR count). The van der Waals surface area contributed by atoms with Gasteiger partial charge in [0, 0.05) is 61.1 Å². The number of fused-ring (bicyclic) bond motifs is 1. The maximum atomic E-state index is 12.7. The largest absolute Gasteiger partial charge is 0.366 e. The van der Waals surface area contributed by atoms with E-state index >= 15 is 0 Å². The van der Waals surface area contributed by atoms with Gasteiger partial charge in [-0.1, -0.05) is 30.3 Å². The third-order valence-corrected chi connectivity index (χ3v) is 6.11. The molecule has 1 fully saturated rings. The van der Waals surface area contributed by atoms with Crippen LogP contribution in [-0.2, 0) is 6.42 Å². The molecule has 0 unspecified atom stereocenters. The summed E-state index contributed by atoms with van der Waals surface area (Å²) in [6, 6.07) is 17.3. The van der Waals surface area contributed by atoms with E-state index in [0.29, 0.717) is 11.1 Å². The zero-order valence-electron chi connectivity index (χ0n) is 17.7. The van der Waals surface area contributed by atoms with Crippen molar-refractivity contribution in [2.75, 3.05) is 26.2 Å². The highest BCUT2D eigenvalue weighted by Crippen LogP contribution is 2.34. The molecule has 1 aromatic heterocycles. The number of piperazine rings is 1. The monoisotopic (exact) mass is 424 g/mol. The predicted molar refractivity (Wildman–Crippen MR) is 124 cm³/mol. The van der Waals surface area contributed by atoms with Crippen LogP contribution in [0.4, 0.5) is 0 Å². The molecule has 3 aromatic rings. The van der Waals surface area contributed by atoms with Gasteiger partial charge < -0.3 is 16.0 Å². The Labute approximate surface area is 186 Å². The first-order chi connectivity index (χ1) is 15.6. The fourth-order valence-corrected chi connectivity index (χ4v) is 4.30. The number of pyridine rings is 1. The number of primary amides is 1. The maximum Gasteiger partial charge on any atom is 0.253 e. The second-order valence-electron chi connectivity index (χ2n) is 8.10. The summed E-state index contributed by atoms with van der Waals surface area (Å²) in [5, 5.41) is 3.27. The Morgan fingerprint density at radius 2 is 1.53 bits per heavy atom. The predicted octanol–water partition coefficient (Wildman–Crippen LogP) is 2.88. The molecule has 6 heteroatoms. The molecule has 2 aromatic carbocycles. The van der Waals surface area contributed by atoms with Crippen LogP contribution in [0.3, 0.4) is 0 Å². The number of aromatic nitrogens is 1. The first kappa shape index (κ1) is 20.2. The zero-order valence-corrected chi connectivity index (χ0v) is 17.7. The summed E-state index contributed by atoms with van der Waals surface area (Å²) in [6.45, 7) is 3.16. The highest BCUT2D eigenvalue weighted by molar-refractivity contribution is 5.95. The second-order valence-corrected chi connectivity index (χ2v) is 8.10. The van der Waals surface area contributed by atoms with E-state index in [1.165, 1.54) is 0 Å². The van der Waals surface area contributed by atoms with Crippen molar-refractivity contribution in [3.05, 3.63) is 94.8 Å². The van der Waals surface area contributed by atoms with Gasteiger partial charge in [-0.3, -0.25) is 14.6 Å². The molecule has 2 amide bonds. The summed E-state index contributed by atoms with van der Waals surface area (Å²) in [7, 11) is 0. The van der Waals surface area contributed by atoms with Gasteiger partial charge in [-0.25, -0.2) is 0 Å². The fourth-order valence-electron chi connectivity index (χ4n) is 4.30. The summed E-state index contributed by atoms with van der Waals surface area (Å²) < 4.78 is 0. The van der Waals surface area contributed by atoms with E-state index in [9.17, 15) is 9.59 Å². The number of nitrogens with two attached hydrogens (primary N) is 1. The van der Waals surface area contributed by atoms with Gasteiger partial charge in [0.25, 0.3) is 5.91 Å². The van der Waals surface area contributed by atoms with Crippen LogP contribution in [0.2, 0.25) is 0 Å². The molecule has 1 saturated heterocycles. The number of hydrogen-bond acceptors (Lipinski definition) is 4. The molecule has 32 heavy (non-hydrogen) atoms. The van der Waals surface area contributed by atoms with Gasteiger partial charge in [0.05, 0.1) is 5.69 Å². The SMILES string of the molecule is NC(=O)c1ccc(C2=CCc3ncc(-c4ccc(C(=O)N5CCNCC5)cc4)cc32)cc1. The molecule has 0 atom stereocenters. The van der Waals surface area contributed by atoms with Crippen LogP contribution in [-0.4, -0.2) is 47.9 Å². The average Bonchev–Trinajstić information content (AvgIpc) is 3.27. The molecule has 0 spiro atoms. The highest BCUT2D eigenvalue weighted by Gasteiger charge is 2.20. The molecule has 3 N–H and O–H groups in total. The van der Waals surface area contributed by atoms with Gasteiger partial charge in [0.2, 0.25) is 5.91 Å². The molecule has 1 aliphatic carbocycles. The van der Waals surface area contributed by atoms with Crippen molar-refractivity contribution < 1.29 is 9.59 Å². The lowest BCUT2D eigenvalue weighted by Crippen LogP contribution is -2.46. The number of benzene rings is 2. The van der Waals surface area contributed by atoms with Crippen molar-refractivity contribution in [2.45, 2.75) is 6.42 Å². The molecule has 0 bridgehead atoms. The maximum absolute atomic E-state index is 12.7. The van der Waals surface area contributed by atoms with Crippen LogP contribution in [0.25, 0.3) is 16.7 Å². The van der Waals surface area contributed by atoms with E-state index in [0.717, 1.165) is 66.1 Å². The van der Waals surface area contributed by atoms with E-state index < -0.39 is 5.91 Å². The first-order valence-corrected chi connectivity index (χ1v) is 10.8. The lowest BCUT2D eigenvalue weighted by Gasteiger charge is -2.27. The number of allylic oxidation sites excluding steroid dienone is 1. The lowest BCUT2D eigenvalue weighted by atomic mass is 9.97. The zero-order chi connectivity index (χ0) is 22.1. The molecular weight excluding hydrogens is 400 g/mol. The summed E-state index contributed by atoms with van der Waals surface area (Å²) in [5.41, 5.74) is 12.9. The van der Waals surface area contributed by atoms with Gasteiger partial charge in [-0.05, 0) is 47.0 Å². The van der Waals surface area contributed by atoms with Crippen molar-refractivity contribution in [1.29, 1.82) is 0 Å². The summed E-state index contributed by atoms with van der Waals surface area (Å²) in [5.74, 6) is -0.352. The van der Waals surface area contributed by atoms with Crippen molar-refractivity contribution in [3.8, 4) is 11.1 Å². The normalized spacial score (nSPS) is 15.2. The van der Waals surface area contributed by atoms with E-state index in [1.807, 2.05) is 47.5 Å². The molecule has 2 heterocycles. The Hall–Kier alpha value is -3.77. The Balaban J connectivity index is 1.39. The summed E-state index contributed by atoms with van der Waals surface area (Å²) >= 11 is 0. The topological polar surface area (TPSA) is 88.3 Å². The minimum Gasteiger partial charge on any atom is -0.366 e. The number of nitrogens with zero attached hydrogens (tertiary/aromatic N) is 2. The van der Waals surface area contributed by atoms with Crippen molar-refractivity contribution in [1.82, 2.24) is 15.2 Å². The van der Waals surface area contributed by atoms with E-state index in [4.69, 9.17) is 5.73 Å². The van der Waals surface area contributed by atoms with Crippen molar-refractivity contribution >= 4 is 17.4 Å². The van der Waals surface area contributed by atoms with Gasteiger partial charge in [-0.2, -0.15) is 0 Å². The van der Waals surface area contributed by atoms with E-state index in [-0.39, 0.29) is 5.91 Å². The first-order valence-electron chi connectivity index (χ1n) is 10.8. The minimum atomic E-state index is -0.430. The fraction of sp³-hybridized carbons (Fsp3) is 0.192. The van der Waals surface area contributed by atoms with Crippen LogP contribution < -0.4 is 11.1 Å². The number of amides is 2. The van der Waals surface area contributed by atoms with Gasteiger partial charge in [-0.15, -0.1) is 0 Å². The van der Waals surface area contributed by atoms with Gasteiger partial charge >= 0.3 is 0 Å². The van der Waals surface area contributed by atoms with Crippen molar-refractivity contribution in [3.63, 3.8) is 0 Å². The molecular formula is C26H24N4O2. The summed E-state index contributed by atoms with van der Waals surface area (Å²) in [6.07, 6.45) is 4.83. The number of carbonyl (C=O) groups is 2. The Morgan fingerprint density at radius 1 is 0.875 bits per heavy atom. The Morgan fingerprint density at radius 3 is 2.22 bits per heavy atom. The quantitative estimate of drug-likeness (QED) is 0.674. The third-order valence-electron chi connectivity index (χ3n) is 6.11. The number of nitrogens with one attached hydrogen (secondary N) is 1. The molecule has 160 valence electrons. The van der Waals surface area contributed by atoms with E-state index in [1.54, 1.807) is 12.1 Å². The Bertz CT molecular complexity index is 1210. The van der Waals surface area contributed by atoms with Crippen LogP contribution >= 0.6 is 0 Å². The van der Waals surface area contributed by atoms with Crippen LogP contribution in [0.15, 0.2) is 66.9 Å². The second kappa shape index (κ2) is 8.40. The van der Waals surface area contributed by atoms with Gasteiger partial charge in [0.15, 0.2) is 0 Å². The number of carbonyl (C=O) groups excluding carboxylic acids is 2. The number of rotatable bonds is 4. The minimum absolute atomic E-state index is 0.0785. The third kappa shape index (κ3) is 3.81. The van der Waals surface area contributed by atoms with Crippen LogP contribution in [0.1, 0.15) is 37.5 Å². The van der Waals surface area contributed by atoms with Crippen molar-refractivity contribution in [2.24, 2.45) is 5.73 Å². The lowest BCUT2D eigenvalue weighted by molar-refractivity contribution is 0.0735. The average molecular weight is 425 g/mol. The molecule has 0 radical (unpaired) electrons. The molecule has 2 aliphatic rings. The summed E-state index contributed by atoms with van der Waals surface area (Å²) in [4.78, 5) is 30.6. The van der Waals surface area contributed by atoms with E-state index in [2.05, 4.69) is 22.4 Å². The number of hydrogen-bond donors (Lipinski definition) is 2. The Kier molecular flexibility index (Phi) is 5.29.